The van der Waals surface area contributed by atoms with Crippen LogP contribution >= 0.6 is 10.6 Å². The molecule has 2 amide bonds. The standard InChI is InChI=1S/C32H31FN6O5S/c1-44-28-19-23(31(41)38-14-16-45(42,43)17-15-38)6-12-27(28)35-32-36-29-13-7-24(20-39(29)37-32)22-4-10-26(11-5-22)34-30(40)18-21-2-8-25(33)9-3-21/h2-13,19-20,42-43H,14-18H2,1H3,(H,34,40)(H,35,37). The molecule has 3 aromatic carbocycles. The molecule has 2 aromatic heterocycles. The highest BCUT2D eigenvalue weighted by Crippen LogP contribution is 2.40. The van der Waals surface area contributed by atoms with E-state index in [0.29, 0.717) is 34.3 Å². The zero-order valence-corrected chi connectivity index (χ0v) is 25.1. The van der Waals surface area contributed by atoms with Crippen LogP contribution in [0.2, 0.25) is 0 Å². The first-order valence-corrected chi connectivity index (χ1v) is 16.0. The number of methoxy groups -OCH3 is 1. The van der Waals surface area contributed by atoms with Crippen LogP contribution in [0.1, 0.15) is 15.9 Å². The highest BCUT2D eigenvalue weighted by Gasteiger charge is 2.26. The SMILES string of the molecule is COc1cc(C(=O)N2CCS(O)(O)CC2)ccc1Nc1nc2ccc(-c3ccc(NC(=O)Cc4ccc(F)cc4)cc3)cn2n1. The summed E-state index contributed by atoms with van der Waals surface area (Å²) in [5, 5.41) is 10.6. The fourth-order valence-electron chi connectivity index (χ4n) is 5.01. The average molecular weight is 631 g/mol. The van der Waals surface area contributed by atoms with E-state index in [1.165, 1.54) is 19.2 Å². The molecule has 0 spiro atoms. The van der Waals surface area contributed by atoms with Gasteiger partial charge in [0.15, 0.2) is 5.65 Å². The maximum absolute atomic E-state index is 13.1. The van der Waals surface area contributed by atoms with Crippen molar-refractivity contribution in [2.75, 3.05) is 42.3 Å². The Morgan fingerprint density at radius 3 is 2.38 bits per heavy atom. The maximum atomic E-state index is 13.1. The zero-order valence-electron chi connectivity index (χ0n) is 24.3. The van der Waals surface area contributed by atoms with Crippen molar-refractivity contribution < 1.29 is 27.8 Å². The first-order valence-electron chi connectivity index (χ1n) is 14.1. The van der Waals surface area contributed by atoms with E-state index in [0.717, 1.165) is 16.7 Å². The quantitative estimate of drug-likeness (QED) is 0.172. The van der Waals surface area contributed by atoms with E-state index in [9.17, 15) is 23.1 Å². The minimum atomic E-state index is -2.60. The highest BCUT2D eigenvalue weighted by molar-refractivity contribution is 8.24. The number of aromatic nitrogens is 3. The zero-order chi connectivity index (χ0) is 31.6. The molecule has 1 fully saturated rings. The molecule has 13 heteroatoms. The summed E-state index contributed by atoms with van der Waals surface area (Å²) in [5.41, 5.74) is 4.81. The largest absolute Gasteiger partial charge is 0.495 e. The fourth-order valence-corrected chi connectivity index (χ4v) is 6.24. The molecule has 1 aliphatic rings. The second kappa shape index (κ2) is 12.6. The molecule has 0 unspecified atom stereocenters. The molecule has 1 aliphatic heterocycles. The van der Waals surface area contributed by atoms with E-state index in [2.05, 4.69) is 20.7 Å². The third kappa shape index (κ3) is 7.06. The summed E-state index contributed by atoms with van der Waals surface area (Å²) >= 11 is 0. The van der Waals surface area contributed by atoms with Gasteiger partial charge in [-0.2, -0.15) is 15.6 Å². The minimum absolute atomic E-state index is 0.145. The van der Waals surface area contributed by atoms with Crippen LogP contribution in [-0.4, -0.2) is 72.1 Å². The number of hydrogen-bond donors (Lipinski definition) is 4. The number of rotatable bonds is 8. The highest BCUT2D eigenvalue weighted by atomic mass is 32.3. The van der Waals surface area contributed by atoms with Gasteiger partial charge in [0.25, 0.3) is 5.91 Å². The molecule has 5 aromatic rings. The predicted octanol–water partition coefficient (Wildman–Crippen LogP) is 5.68. The lowest BCUT2D eigenvalue weighted by Crippen LogP contribution is -2.42. The van der Waals surface area contributed by atoms with Crippen molar-refractivity contribution in [3.63, 3.8) is 0 Å². The van der Waals surface area contributed by atoms with E-state index in [4.69, 9.17) is 4.74 Å². The van der Waals surface area contributed by atoms with E-state index < -0.39 is 10.6 Å². The number of carbonyl (C=O) groups excluding carboxylic acids is 2. The summed E-state index contributed by atoms with van der Waals surface area (Å²) in [6.07, 6.45) is 1.99. The van der Waals surface area contributed by atoms with Crippen molar-refractivity contribution in [2.45, 2.75) is 6.42 Å². The predicted molar refractivity (Wildman–Crippen MR) is 172 cm³/mol. The van der Waals surface area contributed by atoms with Gasteiger partial charge in [-0.15, -0.1) is 5.10 Å². The normalized spacial score (nSPS) is 15.0. The van der Waals surface area contributed by atoms with Crippen LogP contribution in [0.3, 0.4) is 0 Å². The molecule has 6 rings (SSSR count). The third-order valence-corrected chi connectivity index (χ3v) is 9.14. The van der Waals surface area contributed by atoms with Gasteiger partial charge in [-0.05, 0) is 65.7 Å². The monoisotopic (exact) mass is 630 g/mol. The second-order valence-corrected chi connectivity index (χ2v) is 13.0. The third-order valence-electron chi connectivity index (χ3n) is 7.47. The molecule has 0 radical (unpaired) electrons. The smallest absolute Gasteiger partial charge is 0.254 e. The fraction of sp³-hybridized carbons (Fsp3) is 0.188. The average Bonchev–Trinajstić information content (AvgIpc) is 3.44. The Kier molecular flexibility index (Phi) is 8.39. The first-order chi connectivity index (χ1) is 21.7. The first kappa shape index (κ1) is 30.1. The molecular weight excluding hydrogens is 599 g/mol. The number of fused-ring (bicyclic) bond motifs is 1. The van der Waals surface area contributed by atoms with Crippen LogP contribution in [0.5, 0.6) is 5.75 Å². The molecule has 0 bridgehead atoms. The summed E-state index contributed by atoms with van der Waals surface area (Å²) in [6, 6.07) is 22.1. The Balaban J connectivity index is 1.12. The lowest BCUT2D eigenvalue weighted by atomic mass is 10.1. The number of pyridine rings is 1. The van der Waals surface area contributed by atoms with Gasteiger partial charge in [0.05, 0.1) is 30.7 Å². The Morgan fingerprint density at radius 2 is 1.67 bits per heavy atom. The van der Waals surface area contributed by atoms with E-state index in [1.807, 2.05) is 42.6 Å². The number of halogens is 1. The van der Waals surface area contributed by atoms with Crippen molar-refractivity contribution in [1.82, 2.24) is 19.5 Å². The van der Waals surface area contributed by atoms with Crippen molar-refractivity contribution in [2.24, 2.45) is 0 Å². The van der Waals surface area contributed by atoms with Gasteiger partial charge in [-0.25, -0.2) is 8.91 Å². The van der Waals surface area contributed by atoms with Crippen LogP contribution in [0.15, 0.2) is 85.1 Å². The summed E-state index contributed by atoms with van der Waals surface area (Å²) in [5.74, 6) is 0.401. The van der Waals surface area contributed by atoms with Gasteiger partial charge >= 0.3 is 0 Å². The molecular formula is C32H31FN6O5S. The Morgan fingerprint density at radius 1 is 0.956 bits per heavy atom. The van der Waals surface area contributed by atoms with Crippen molar-refractivity contribution in [3.8, 4) is 16.9 Å². The lowest BCUT2D eigenvalue weighted by Gasteiger charge is -2.40. The molecule has 11 nitrogen and oxygen atoms in total. The summed E-state index contributed by atoms with van der Waals surface area (Å²) < 4.78 is 40.0. The number of benzene rings is 3. The molecule has 0 saturated carbocycles. The molecule has 3 heterocycles. The van der Waals surface area contributed by atoms with Gasteiger partial charge in [-0.3, -0.25) is 18.7 Å². The van der Waals surface area contributed by atoms with Crippen molar-refractivity contribution >= 4 is 45.4 Å². The minimum Gasteiger partial charge on any atom is -0.495 e. The number of amides is 2. The lowest BCUT2D eigenvalue weighted by molar-refractivity contribution is -0.115. The van der Waals surface area contributed by atoms with Crippen LogP contribution < -0.4 is 15.4 Å². The summed E-state index contributed by atoms with van der Waals surface area (Å²) in [7, 11) is -1.09. The number of nitrogens with zero attached hydrogens (tertiary/aromatic N) is 4. The Bertz CT molecular complexity index is 1850. The molecule has 0 aliphatic carbocycles. The van der Waals surface area contributed by atoms with Gasteiger partial charge in [0.1, 0.15) is 11.6 Å². The molecule has 45 heavy (non-hydrogen) atoms. The van der Waals surface area contributed by atoms with Crippen molar-refractivity contribution in [3.05, 3.63) is 102 Å². The van der Waals surface area contributed by atoms with Crippen LogP contribution in [0.4, 0.5) is 21.7 Å². The van der Waals surface area contributed by atoms with E-state index in [1.54, 1.807) is 39.7 Å². The van der Waals surface area contributed by atoms with Gasteiger partial charge in [0, 0.05) is 36.1 Å². The number of hydrogen-bond acceptors (Lipinski definition) is 8. The molecule has 232 valence electrons. The van der Waals surface area contributed by atoms with E-state index in [-0.39, 0.29) is 48.6 Å². The maximum Gasteiger partial charge on any atom is 0.254 e. The van der Waals surface area contributed by atoms with Gasteiger partial charge in [-0.1, -0.05) is 24.3 Å². The number of anilines is 3. The van der Waals surface area contributed by atoms with Crippen molar-refractivity contribution in [1.29, 1.82) is 0 Å². The number of nitrogens with one attached hydrogen (secondary N) is 2. The molecule has 0 atom stereocenters. The Hall–Kier alpha value is -4.98. The van der Waals surface area contributed by atoms with Crippen LogP contribution in [0.25, 0.3) is 16.8 Å². The van der Waals surface area contributed by atoms with E-state index >= 15 is 0 Å². The number of carbonyl (C=O) groups is 2. The Labute approximate surface area is 260 Å². The molecule has 1 saturated heterocycles. The number of ether oxygens (including phenoxy) is 1. The van der Waals surface area contributed by atoms with Crippen LogP contribution in [-0.2, 0) is 11.2 Å². The molecule has 4 N–H and O–H groups in total. The van der Waals surface area contributed by atoms with Gasteiger partial charge < -0.3 is 20.3 Å². The second-order valence-electron chi connectivity index (χ2n) is 10.6. The van der Waals surface area contributed by atoms with Gasteiger partial charge in [0.2, 0.25) is 11.9 Å². The topological polar surface area (TPSA) is 141 Å². The van der Waals surface area contributed by atoms with Crippen LogP contribution in [0, 0.1) is 5.82 Å². The summed E-state index contributed by atoms with van der Waals surface area (Å²) in [6.45, 7) is 0.576. The summed E-state index contributed by atoms with van der Waals surface area (Å²) in [4.78, 5) is 31.6.